The molecule has 0 aromatic heterocycles. The number of aryl methyl sites for hydroxylation is 1. The predicted molar refractivity (Wildman–Crippen MR) is 95.3 cm³/mol. The second-order valence-corrected chi connectivity index (χ2v) is 6.59. The smallest absolute Gasteiger partial charge is 0.0562 e. The van der Waals surface area contributed by atoms with E-state index in [0.717, 1.165) is 26.1 Å². The fourth-order valence-corrected chi connectivity index (χ4v) is 3.06. The summed E-state index contributed by atoms with van der Waals surface area (Å²) in [6.07, 6.45) is 3.60. The quantitative estimate of drug-likeness (QED) is 0.675. The highest BCUT2D eigenvalue weighted by Crippen LogP contribution is 2.27. The molecule has 2 rings (SSSR count). The molecule has 0 fully saturated rings. The Morgan fingerprint density at radius 3 is 2.50 bits per heavy atom. The molecule has 0 aliphatic carbocycles. The molecule has 0 bridgehead atoms. The zero-order chi connectivity index (χ0) is 14.5. The normalized spacial score (nSPS) is 12.4. The Kier molecular flexibility index (Phi) is 5.87. The molecule has 0 radical (unpaired) electrons. The van der Waals surface area contributed by atoms with Crippen molar-refractivity contribution >= 4 is 34.2 Å². The van der Waals surface area contributed by atoms with Crippen LogP contribution < -0.4 is 5.73 Å². The van der Waals surface area contributed by atoms with Crippen LogP contribution in [0.4, 0.5) is 0 Å². The third kappa shape index (κ3) is 3.96. The molecule has 0 spiro atoms. The molecule has 0 aliphatic rings. The maximum absolute atomic E-state index is 6.37. The summed E-state index contributed by atoms with van der Waals surface area (Å²) in [6.45, 7) is 2.21. The highest BCUT2D eigenvalue weighted by atomic mass is 127. The van der Waals surface area contributed by atoms with Crippen molar-refractivity contribution in [2.24, 2.45) is 5.73 Å². The zero-order valence-electron chi connectivity index (χ0n) is 11.6. The summed E-state index contributed by atoms with van der Waals surface area (Å²) in [4.78, 5) is 0. The van der Waals surface area contributed by atoms with Crippen molar-refractivity contribution in [3.63, 3.8) is 0 Å². The molecule has 0 heterocycles. The minimum Gasteiger partial charge on any atom is -0.320 e. The Hall–Kier alpha value is -0.580. The first-order valence-electron chi connectivity index (χ1n) is 6.91. The lowest BCUT2D eigenvalue weighted by atomic mass is 9.97. The minimum absolute atomic E-state index is 0.124. The lowest BCUT2D eigenvalue weighted by Gasteiger charge is -2.15. The monoisotopic (exact) mass is 399 g/mol. The third-order valence-corrected chi connectivity index (χ3v) is 4.67. The Morgan fingerprint density at radius 2 is 1.85 bits per heavy atom. The van der Waals surface area contributed by atoms with Crippen LogP contribution in [0.5, 0.6) is 0 Å². The molecule has 1 unspecified atom stereocenters. The average Bonchev–Trinajstić information content (AvgIpc) is 2.47. The first-order chi connectivity index (χ1) is 9.61. The Bertz CT molecular complexity index is 566. The van der Waals surface area contributed by atoms with Crippen molar-refractivity contribution in [3.8, 4) is 0 Å². The standard InChI is InChI=1S/C17H19ClIN/c1-2-3-4-12-5-7-13(8-6-12)17(20)15-11-14(18)9-10-16(15)19/h5-11,17H,2-4,20H2,1H3. The van der Waals surface area contributed by atoms with Crippen LogP contribution in [0, 0.1) is 3.57 Å². The van der Waals surface area contributed by atoms with Crippen LogP contribution >= 0.6 is 34.2 Å². The molecule has 20 heavy (non-hydrogen) atoms. The molecule has 0 saturated carbocycles. The van der Waals surface area contributed by atoms with Gasteiger partial charge in [-0.1, -0.05) is 49.2 Å². The lowest BCUT2D eigenvalue weighted by Crippen LogP contribution is -2.13. The van der Waals surface area contributed by atoms with Gasteiger partial charge in [-0.05, 0) is 70.3 Å². The summed E-state index contributed by atoms with van der Waals surface area (Å²) >= 11 is 8.38. The number of halogens is 2. The molecular weight excluding hydrogens is 381 g/mol. The summed E-state index contributed by atoms with van der Waals surface area (Å²) in [7, 11) is 0. The molecule has 0 aliphatic heterocycles. The molecule has 0 saturated heterocycles. The number of rotatable bonds is 5. The zero-order valence-corrected chi connectivity index (χ0v) is 14.5. The van der Waals surface area contributed by atoms with E-state index >= 15 is 0 Å². The Morgan fingerprint density at radius 1 is 1.15 bits per heavy atom. The topological polar surface area (TPSA) is 26.0 Å². The summed E-state index contributed by atoms with van der Waals surface area (Å²) in [5, 5.41) is 0.732. The van der Waals surface area contributed by atoms with E-state index in [9.17, 15) is 0 Å². The largest absolute Gasteiger partial charge is 0.320 e. The van der Waals surface area contributed by atoms with Crippen molar-refractivity contribution in [2.45, 2.75) is 32.2 Å². The van der Waals surface area contributed by atoms with Gasteiger partial charge >= 0.3 is 0 Å². The first-order valence-corrected chi connectivity index (χ1v) is 8.37. The van der Waals surface area contributed by atoms with Gasteiger partial charge in [0.25, 0.3) is 0 Å². The number of hydrogen-bond donors (Lipinski definition) is 1. The summed E-state index contributed by atoms with van der Waals surface area (Å²) in [6, 6.07) is 14.4. The second kappa shape index (κ2) is 7.43. The van der Waals surface area contributed by atoms with E-state index in [2.05, 4.69) is 53.8 Å². The van der Waals surface area contributed by atoms with E-state index in [4.69, 9.17) is 17.3 Å². The van der Waals surface area contributed by atoms with E-state index < -0.39 is 0 Å². The van der Waals surface area contributed by atoms with E-state index in [-0.39, 0.29) is 6.04 Å². The van der Waals surface area contributed by atoms with Gasteiger partial charge in [-0.15, -0.1) is 0 Å². The van der Waals surface area contributed by atoms with E-state index in [1.165, 1.54) is 18.4 Å². The van der Waals surface area contributed by atoms with Crippen LogP contribution in [0.3, 0.4) is 0 Å². The van der Waals surface area contributed by atoms with Gasteiger partial charge in [-0.3, -0.25) is 0 Å². The van der Waals surface area contributed by atoms with Crippen LogP contribution in [0.15, 0.2) is 42.5 Å². The van der Waals surface area contributed by atoms with Gasteiger partial charge in [0.15, 0.2) is 0 Å². The third-order valence-electron chi connectivity index (χ3n) is 3.45. The molecule has 0 amide bonds. The van der Waals surface area contributed by atoms with Gasteiger partial charge in [0.05, 0.1) is 6.04 Å². The summed E-state index contributed by atoms with van der Waals surface area (Å²) < 4.78 is 1.15. The average molecular weight is 400 g/mol. The fraction of sp³-hybridized carbons (Fsp3) is 0.294. The summed E-state index contributed by atoms with van der Waals surface area (Å²) in [5.41, 5.74) is 9.96. The van der Waals surface area contributed by atoms with Gasteiger partial charge in [0.2, 0.25) is 0 Å². The number of hydrogen-bond acceptors (Lipinski definition) is 1. The second-order valence-electron chi connectivity index (χ2n) is 4.99. The Labute approximate surface area is 139 Å². The fourth-order valence-electron chi connectivity index (χ4n) is 2.21. The highest BCUT2D eigenvalue weighted by Gasteiger charge is 2.12. The van der Waals surface area contributed by atoms with E-state index in [1.54, 1.807) is 0 Å². The number of benzene rings is 2. The molecule has 1 atom stereocenters. The molecule has 2 aromatic carbocycles. The van der Waals surface area contributed by atoms with Gasteiger partial charge < -0.3 is 5.73 Å². The van der Waals surface area contributed by atoms with Crippen LogP contribution in [0.25, 0.3) is 0 Å². The van der Waals surface area contributed by atoms with Gasteiger partial charge in [0, 0.05) is 8.59 Å². The van der Waals surface area contributed by atoms with Crippen LogP contribution in [0.2, 0.25) is 5.02 Å². The first kappa shape index (κ1) is 15.8. The number of unbranched alkanes of at least 4 members (excludes halogenated alkanes) is 1. The minimum atomic E-state index is -0.124. The van der Waals surface area contributed by atoms with Gasteiger partial charge in [-0.25, -0.2) is 0 Å². The highest BCUT2D eigenvalue weighted by molar-refractivity contribution is 14.1. The van der Waals surface area contributed by atoms with Crippen molar-refractivity contribution in [2.75, 3.05) is 0 Å². The molecule has 3 heteroatoms. The molecule has 1 nitrogen and oxygen atoms in total. The molecule has 2 N–H and O–H groups in total. The number of nitrogens with two attached hydrogens (primary N) is 1. The van der Waals surface area contributed by atoms with Crippen LogP contribution in [0.1, 0.15) is 42.5 Å². The van der Waals surface area contributed by atoms with E-state index in [1.807, 2.05) is 18.2 Å². The molecular formula is C17H19ClIN. The SMILES string of the molecule is CCCCc1ccc(C(N)c2cc(Cl)ccc2I)cc1. The van der Waals surface area contributed by atoms with Crippen LogP contribution in [-0.2, 0) is 6.42 Å². The Balaban J connectivity index is 2.20. The predicted octanol–water partition coefficient (Wildman–Crippen LogP) is 5.34. The maximum Gasteiger partial charge on any atom is 0.0562 e. The van der Waals surface area contributed by atoms with Crippen molar-refractivity contribution in [1.82, 2.24) is 0 Å². The summed E-state index contributed by atoms with van der Waals surface area (Å²) in [5.74, 6) is 0. The van der Waals surface area contributed by atoms with Crippen molar-refractivity contribution in [3.05, 3.63) is 67.7 Å². The molecule has 2 aromatic rings. The molecule has 106 valence electrons. The van der Waals surface area contributed by atoms with Crippen molar-refractivity contribution < 1.29 is 0 Å². The van der Waals surface area contributed by atoms with E-state index in [0.29, 0.717) is 0 Å². The van der Waals surface area contributed by atoms with Gasteiger partial charge in [0.1, 0.15) is 0 Å². The van der Waals surface area contributed by atoms with Crippen molar-refractivity contribution in [1.29, 1.82) is 0 Å². The lowest BCUT2D eigenvalue weighted by molar-refractivity contribution is 0.793. The van der Waals surface area contributed by atoms with Crippen LogP contribution in [-0.4, -0.2) is 0 Å². The maximum atomic E-state index is 6.37. The van der Waals surface area contributed by atoms with Gasteiger partial charge in [-0.2, -0.15) is 0 Å².